The van der Waals surface area contributed by atoms with E-state index in [2.05, 4.69) is 20.5 Å². The van der Waals surface area contributed by atoms with Crippen LogP contribution in [0.4, 0.5) is 0 Å². The van der Waals surface area contributed by atoms with Gasteiger partial charge in [0.15, 0.2) is 11.4 Å². The molecule has 0 aliphatic heterocycles. The Morgan fingerprint density at radius 3 is 2.76 bits per heavy atom. The number of aromatic nitrogens is 5. The number of tetrazole rings is 1. The summed E-state index contributed by atoms with van der Waals surface area (Å²) in [5.74, 6) is -0.564. The molecule has 0 atom stereocenters. The fourth-order valence-corrected chi connectivity index (χ4v) is 2.08. The van der Waals surface area contributed by atoms with E-state index in [1.165, 1.54) is 16.0 Å². The summed E-state index contributed by atoms with van der Waals surface area (Å²) in [5, 5.41) is 20.4. The van der Waals surface area contributed by atoms with E-state index in [-0.39, 0.29) is 0 Å². The summed E-state index contributed by atoms with van der Waals surface area (Å²) in [6, 6.07) is 0. The summed E-state index contributed by atoms with van der Waals surface area (Å²) in [7, 11) is 0. The number of thiazole rings is 1. The minimum Gasteiger partial charge on any atom is -0.479 e. The van der Waals surface area contributed by atoms with Gasteiger partial charge in [-0.15, -0.1) is 16.4 Å². The molecule has 2 aromatic rings. The summed E-state index contributed by atoms with van der Waals surface area (Å²) in [5.41, 5.74) is 1.26. The number of carboxylic acids is 1. The standard InChI is InChI=1S/C9H11N5O2S/c1-5-6(17-4-10-5)7-11-12-13-14(7)9(2,3)8(15)16/h4H,1-3H3,(H,15,16). The van der Waals surface area contributed by atoms with E-state index in [1.54, 1.807) is 19.4 Å². The third kappa shape index (κ3) is 1.80. The Hall–Kier alpha value is -1.83. The van der Waals surface area contributed by atoms with Gasteiger partial charge in [-0.3, -0.25) is 0 Å². The highest BCUT2D eigenvalue weighted by Crippen LogP contribution is 2.28. The van der Waals surface area contributed by atoms with E-state index in [4.69, 9.17) is 0 Å². The molecule has 2 rings (SSSR count). The second kappa shape index (κ2) is 3.88. The van der Waals surface area contributed by atoms with Crippen molar-refractivity contribution in [3.63, 3.8) is 0 Å². The molecule has 0 aromatic carbocycles. The van der Waals surface area contributed by atoms with Crippen molar-refractivity contribution < 1.29 is 9.90 Å². The van der Waals surface area contributed by atoms with Crippen molar-refractivity contribution in [2.75, 3.05) is 0 Å². The number of aliphatic carboxylic acids is 1. The number of aryl methyl sites for hydroxylation is 1. The van der Waals surface area contributed by atoms with Crippen LogP contribution in [0.25, 0.3) is 10.7 Å². The average molecular weight is 253 g/mol. The van der Waals surface area contributed by atoms with Crippen LogP contribution in [0.1, 0.15) is 19.5 Å². The summed E-state index contributed by atoms with van der Waals surface area (Å²) in [4.78, 5) is 16.1. The third-order valence-corrected chi connectivity index (χ3v) is 3.40. The van der Waals surface area contributed by atoms with Gasteiger partial charge in [-0.1, -0.05) is 0 Å². The van der Waals surface area contributed by atoms with Crippen LogP contribution < -0.4 is 0 Å². The molecule has 8 heteroatoms. The van der Waals surface area contributed by atoms with Gasteiger partial charge in [0.25, 0.3) is 0 Å². The van der Waals surface area contributed by atoms with Crippen LogP contribution in [0.5, 0.6) is 0 Å². The largest absolute Gasteiger partial charge is 0.479 e. The first-order valence-electron chi connectivity index (χ1n) is 4.87. The number of hydrogen-bond donors (Lipinski definition) is 1. The lowest BCUT2D eigenvalue weighted by Crippen LogP contribution is -2.37. The van der Waals surface area contributed by atoms with Crippen molar-refractivity contribution >= 4 is 17.3 Å². The van der Waals surface area contributed by atoms with Gasteiger partial charge in [-0.2, -0.15) is 0 Å². The highest BCUT2D eigenvalue weighted by molar-refractivity contribution is 7.13. The zero-order valence-electron chi connectivity index (χ0n) is 9.58. The first-order chi connectivity index (χ1) is 7.94. The molecule has 0 aliphatic rings. The summed E-state index contributed by atoms with van der Waals surface area (Å²) >= 11 is 1.38. The fraction of sp³-hybridized carbons (Fsp3) is 0.444. The van der Waals surface area contributed by atoms with Gasteiger partial charge in [-0.05, 0) is 31.2 Å². The molecule has 0 amide bonds. The SMILES string of the molecule is Cc1ncsc1-c1nnnn1C(C)(C)C(=O)O. The van der Waals surface area contributed by atoms with E-state index in [0.717, 1.165) is 10.6 Å². The molecule has 0 aliphatic carbocycles. The molecule has 0 radical (unpaired) electrons. The Balaban J connectivity index is 2.57. The van der Waals surface area contributed by atoms with Crippen LogP contribution in [0.2, 0.25) is 0 Å². The predicted octanol–water partition coefficient (Wildman–Crippen LogP) is 0.925. The second-order valence-electron chi connectivity index (χ2n) is 4.05. The van der Waals surface area contributed by atoms with Gasteiger partial charge in [0, 0.05) is 0 Å². The fourth-order valence-electron chi connectivity index (χ4n) is 1.31. The first kappa shape index (κ1) is 11.6. The minimum absolute atomic E-state index is 0.428. The van der Waals surface area contributed by atoms with Crippen molar-refractivity contribution in [1.82, 2.24) is 25.2 Å². The Morgan fingerprint density at radius 2 is 2.24 bits per heavy atom. The van der Waals surface area contributed by atoms with Crippen LogP contribution in [0, 0.1) is 6.92 Å². The van der Waals surface area contributed by atoms with Crippen molar-refractivity contribution in [1.29, 1.82) is 0 Å². The maximum Gasteiger partial charge on any atom is 0.331 e. The lowest BCUT2D eigenvalue weighted by atomic mass is 10.1. The number of nitrogens with zero attached hydrogens (tertiary/aromatic N) is 5. The smallest absolute Gasteiger partial charge is 0.331 e. The Morgan fingerprint density at radius 1 is 1.53 bits per heavy atom. The minimum atomic E-state index is -1.20. The lowest BCUT2D eigenvalue weighted by molar-refractivity contribution is -0.146. The normalized spacial score (nSPS) is 11.7. The van der Waals surface area contributed by atoms with Crippen LogP contribution >= 0.6 is 11.3 Å². The molecular weight excluding hydrogens is 242 g/mol. The molecule has 0 saturated heterocycles. The Labute approximate surface area is 101 Å². The first-order valence-corrected chi connectivity index (χ1v) is 5.75. The molecular formula is C9H11N5O2S. The molecule has 2 heterocycles. The van der Waals surface area contributed by atoms with Crippen molar-refractivity contribution in [2.45, 2.75) is 26.3 Å². The maximum absolute atomic E-state index is 11.2. The van der Waals surface area contributed by atoms with Crippen LogP contribution in [0.3, 0.4) is 0 Å². The van der Waals surface area contributed by atoms with Gasteiger partial charge in [0.1, 0.15) is 0 Å². The van der Waals surface area contributed by atoms with Gasteiger partial charge < -0.3 is 5.11 Å². The molecule has 1 N–H and O–H groups in total. The Kier molecular flexibility index (Phi) is 2.66. The third-order valence-electron chi connectivity index (χ3n) is 2.47. The zero-order chi connectivity index (χ0) is 12.6. The quantitative estimate of drug-likeness (QED) is 0.874. The van der Waals surface area contributed by atoms with Gasteiger partial charge in [-0.25, -0.2) is 14.5 Å². The molecule has 7 nitrogen and oxygen atoms in total. The topological polar surface area (TPSA) is 93.8 Å². The van der Waals surface area contributed by atoms with E-state index < -0.39 is 11.5 Å². The van der Waals surface area contributed by atoms with Crippen molar-refractivity contribution in [3.8, 4) is 10.7 Å². The van der Waals surface area contributed by atoms with Crippen LogP contribution in [0.15, 0.2) is 5.51 Å². The van der Waals surface area contributed by atoms with E-state index >= 15 is 0 Å². The second-order valence-corrected chi connectivity index (χ2v) is 4.90. The monoisotopic (exact) mass is 253 g/mol. The number of rotatable bonds is 3. The molecule has 0 spiro atoms. The van der Waals surface area contributed by atoms with Gasteiger partial charge in [0.2, 0.25) is 0 Å². The molecule has 0 saturated carbocycles. The highest BCUT2D eigenvalue weighted by Gasteiger charge is 2.34. The van der Waals surface area contributed by atoms with Gasteiger partial charge in [0.05, 0.1) is 16.1 Å². The van der Waals surface area contributed by atoms with Crippen LogP contribution in [-0.4, -0.2) is 36.3 Å². The molecule has 0 unspecified atom stereocenters. The van der Waals surface area contributed by atoms with E-state index in [1.807, 2.05) is 6.92 Å². The molecule has 2 aromatic heterocycles. The van der Waals surface area contributed by atoms with Crippen LogP contribution in [-0.2, 0) is 10.3 Å². The zero-order valence-corrected chi connectivity index (χ0v) is 10.4. The number of carbonyl (C=O) groups is 1. The summed E-state index contributed by atoms with van der Waals surface area (Å²) in [6.07, 6.45) is 0. The van der Waals surface area contributed by atoms with E-state index in [9.17, 15) is 9.90 Å². The maximum atomic E-state index is 11.2. The average Bonchev–Trinajstić information content (AvgIpc) is 2.84. The highest BCUT2D eigenvalue weighted by atomic mass is 32.1. The summed E-state index contributed by atoms with van der Waals surface area (Å²) in [6.45, 7) is 4.93. The van der Waals surface area contributed by atoms with Crippen molar-refractivity contribution in [3.05, 3.63) is 11.2 Å². The lowest BCUT2D eigenvalue weighted by Gasteiger charge is -2.19. The molecule has 17 heavy (non-hydrogen) atoms. The number of carboxylic acid groups (broad SMARTS) is 1. The molecule has 0 fully saturated rings. The predicted molar refractivity (Wildman–Crippen MR) is 60.6 cm³/mol. The van der Waals surface area contributed by atoms with Gasteiger partial charge >= 0.3 is 5.97 Å². The van der Waals surface area contributed by atoms with E-state index in [0.29, 0.717) is 5.82 Å². The molecule has 0 bridgehead atoms. The Bertz CT molecular complexity index is 559. The van der Waals surface area contributed by atoms with Crippen molar-refractivity contribution in [2.24, 2.45) is 0 Å². The summed E-state index contributed by atoms with van der Waals surface area (Å²) < 4.78 is 1.30. The molecule has 90 valence electrons. The number of hydrogen-bond acceptors (Lipinski definition) is 6.